The Balaban J connectivity index is 1.32. The maximum absolute atomic E-state index is 12.7. The number of carbonyl (C=O) groups excluding carboxylic acids is 1. The summed E-state index contributed by atoms with van der Waals surface area (Å²) < 4.78 is 5.31. The molecule has 4 rings (SSSR count). The first-order chi connectivity index (χ1) is 15.3. The molecule has 1 atom stereocenters. The first kappa shape index (κ1) is 21.0. The molecule has 4 aromatic rings. The Kier molecular flexibility index (Phi) is 7.24. The van der Waals surface area contributed by atoms with Crippen LogP contribution in [-0.2, 0) is 17.6 Å². The van der Waals surface area contributed by atoms with E-state index in [9.17, 15) is 4.79 Å². The second kappa shape index (κ2) is 10.7. The first-order valence-electron chi connectivity index (χ1n) is 10.5. The van der Waals surface area contributed by atoms with E-state index in [1.807, 2.05) is 41.1 Å². The van der Waals surface area contributed by atoms with Gasteiger partial charge in [-0.3, -0.25) is 4.79 Å². The molecule has 0 radical (unpaired) electrons. The second-order valence-electron chi connectivity index (χ2n) is 7.43. The molecule has 1 unspecified atom stereocenters. The summed E-state index contributed by atoms with van der Waals surface area (Å²) >= 11 is 1.59. The molecule has 0 aliphatic carbocycles. The number of rotatable bonds is 10. The predicted molar refractivity (Wildman–Crippen MR) is 123 cm³/mol. The van der Waals surface area contributed by atoms with Gasteiger partial charge in [-0.2, -0.15) is 16.3 Å². The van der Waals surface area contributed by atoms with Crippen LogP contribution in [0.25, 0.3) is 11.4 Å². The number of aryl methyl sites for hydroxylation is 2. The van der Waals surface area contributed by atoms with Crippen LogP contribution in [0.3, 0.4) is 0 Å². The molecule has 6 heteroatoms. The van der Waals surface area contributed by atoms with Gasteiger partial charge in [0, 0.05) is 23.8 Å². The van der Waals surface area contributed by atoms with Gasteiger partial charge in [-0.15, -0.1) is 0 Å². The average Bonchev–Trinajstić information content (AvgIpc) is 3.50. The quantitative estimate of drug-likeness (QED) is 0.354. The minimum atomic E-state index is -0.0125. The number of aromatic nitrogens is 2. The third-order valence-corrected chi connectivity index (χ3v) is 5.83. The van der Waals surface area contributed by atoms with Crippen molar-refractivity contribution in [3.63, 3.8) is 0 Å². The van der Waals surface area contributed by atoms with E-state index in [4.69, 9.17) is 4.52 Å². The highest BCUT2D eigenvalue weighted by atomic mass is 32.1. The molecule has 2 heterocycles. The zero-order valence-electron chi connectivity index (χ0n) is 17.2. The van der Waals surface area contributed by atoms with Crippen molar-refractivity contribution < 1.29 is 9.32 Å². The SMILES string of the molecule is O=C(CCc1nc(-c2ccsc2)no1)NC(CCCc1ccccc1)c1ccccc1. The Morgan fingerprint density at radius 3 is 2.52 bits per heavy atom. The second-order valence-corrected chi connectivity index (χ2v) is 8.21. The molecule has 158 valence electrons. The molecule has 0 spiro atoms. The van der Waals surface area contributed by atoms with Gasteiger partial charge in [-0.05, 0) is 41.8 Å². The van der Waals surface area contributed by atoms with Gasteiger partial charge >= 0.3 is 0 Å². The van der Waals surface area contributed by atoms with Crippen LogP contribution in [0.15, 0.2) is 82.0 Å². The molecule has 1 amide bonds. The van der Waals surface area contributed by atoms with Crippen LogP contribution in [0.2, 0.25) is 0 Å². The molecular weight excluding hydrogens is 406 g/mol. The predicted octanol–water partition coefficient (Wildman–Crippen LogP) is 5.61. The lowest BCUT2D eigenvalue weighted by molar-refractivity contribution is -0.122. The van der Waals surface area contributed by atoms with Crippen LogP contribution >= 0.6 is 11.3 Å². The number of carbonyl (C=O) groups is 1. The summed E-state index contributed by atoms with van der Waals surface area (Å²) in [5.41, 5.74) is 3.38. The number of nitrogens with zero attached hydrogens (tertiary/aromatic N) is 2. The van der Waals surface area contributed by atoms with Crippen LogP contribution < -0.4 is 5.32 Å². The highest BCUT2D eigenvalue weighted by Crippen LogP contribution is 2.21. The third-order valence-electron chi connectivity index (χ3n) is 5.15. The largest absolute Gasteiger partial charge is 0.349 e. The number of nitrogens with one attached hydrogen (secondary N) is 1. The molecule has 2 aromatic heterocycles. The monoisotopic (exact) mass is 431 g/mol. The molecular formula is C25H25N3O2S. The van der Waals surface area contributed by atoms with E-state index in [1.165, 1.54) is 5.56 Å². The van der Waals surface area contributed by atoms with E-state index in [0.717, 1.165) is 30.4 Å². The van der Waals surface area contributed by atoms with E-state index in [2.05, 4.69) is 51.9 Å². The van der Waals surface area contributed by atoms with Gasteiger partial charge in [-0.1, -0.05) is 65.8 Å². The van der Waals surface area contributed by atoms with Crippen molar-refractivity contribution >= 4 is 17.2 Å². The third kappa shape index (κ3) is 6.12. The van der Waals surface area contributed by atoms with Crippen molar-refractivity contribution in [1.82, 2.24) is 15.5 Å². The van der Waals surface area contributed by atoms with Gasteiger partial charge in [0.2, 0.25) is 17.6 Å². The zero-order valence-corrected chi connectivity index (χ0v) is 18.1. The molecule has 0 bridgehead atoms. The van der Waals surface area contributed by atoms with Crippen LogP contribution in [0.5, 0.6) is 0 Å². The summed E-state index contributed by atoms with van der Waals surface area (Å²) in [6.45, 7) is 0. The highest BCUT2D eigenvalue weighted by molar-refractivity contribution is 7.08. The maximum atomic E-state index is 12.7. The molecule has 0 saturated heterocycles. The first-order valence-corrected chi connectivity index (χ1v) is 11.5. The maximum Gasteiger partial charge on any atom is 0.227 e. The van der Waals surface area contributed by atoms with E-state index in [1.54, 1.807) is 11.3 Å². The zero-order chi connectivity index (χ0) is 21.3. The van der Waals surface area contributed by atoms with Crippen molar-refractivity contribution in [3.05, 3.63) is 94.5 Å². The topological polar surface area (TPSA) is 68.0 Å². The Bertz CT molecular complexity index is 1060. The number of thiophene rings is 1. The summed E-state index contributed by atoms with van der Waals surface area (Å²) in [7, 11) is 0. The van der Waals surface area contributed by atoms with Crippen molar-refractivity contribution in [2.75, 3.05) is 0 Å². The molecule has 1 N–H and O–H groups in total. The van der Waals surface area contributed by atoms with Crippen molar-refractivity contribution in [3.8, 4) is 11.4 Å². The summed E-state index contributed by atoms with van der Waals surface area (Å²) in [4.78, 5) is 17.1. The van der Waals surface area contributed by atoms with Gasteiger partial charge in [-0.25, -0.2) is 0 Å². The highest BCUT2D eigenvalue weighted by Gasteiger charge is 2.16. The molecule has 0 fully saturated rings. The van der Waals surface area contributed by atoms with Crippen LogP contribution in [0.4, 0.5) is 0 Å². The lowest BCUT2D eigenvalue weighted by atomic mass is 9.98. The van der Waals surface area contributed by atoms with E-state index < -0.39 is 0 Å². The smallest absolute Gasteiger partial charge is 0.227 e. The Morgan fingerprint density at radius 1 is 1.00 bits per heavy atom. The molecule has 0 saturated carbocycles. The van der Waals surface area contributed by atoms with E-state index >= 15 is 0 Å². The lowest BCUT2D eigenvalue weighted by Crippen LogP contribution is -2.28. The lowest BCUT2D eigenvalue weighted by Gasteiger charge is -2.19. The molecule has 0 aliphatic heterocycles. The van der Waals surface area contributed by atoms with Gasteiger partial charge in [0.1, 0.15) is 0 Å². The summed E-state index contributed by atoms with van der Waals surface area (Å²) in [6.07, 6.45) is 3.61. The van der Waals surface area contributed by atoms with Crippen LogP contribution in [0, 0.1) is 0 Å². The Morgan fingerprint density at radius 2 is 1.77 bits per heavy atom. The standard InChI is InChI=1S/C25H25N3O2S/c29-23(14-15-24-27-25(28-30-24)21-16-17-31-18-21)26-22(20-11-5-2-6-12-20)13-7-10-19-8-3-1-4-9-19/h1-6,8-9,11-12,16-18,22H,7,10,13-15H2,(H,26,29). The van der Waals surface area contributed by atoms with Gasteiger partial charge < -0.3 is 9.84 Å². The summed E-state index contributed by atoms with van der Waals surface area (Å²) in [5.74, 6) is 1.04. The summed E-state index contributed by atoms with van der Waals surface area (Å²) in [6, 6.07) is 22.5. The van der Waals surface area contributed by atoms with Crippen LogP contribution in [-0.4, -0.2) is 16.0 Å². The Hall–Kier alpha value is -3.25. The minimum Gasteiger partial charge on any atom is -0.349 e. The number of hydrogen-bond donors (Lipinski definition) is 1. The number of benzene rings is 2. The number of hydrogen-bond acceptors (Lipinski definition) is 5. The van der Waals surface area contributed by atoms with Crippen LogP contribution in [0.1, 0.15) is 42.3 Å². The van der Waals surface area contributed by atoms with Gasteiger partial charge in [0.05, 0.1) is 6.04 Å². The minimum absolute atomic E-state index is 0.0103. The van der Waals surface area contributed by atoms with Crippen molar-refractivity contribution in [2.24, 2.45) is 0 Å². The molecule has 5 nitrogen and oxygen atoms in total. The fourth-order valence-electron chi connectivity index (χ4n) is 3.51. The van der Waals surface area contributed by atoms with Gasteiger partial charge in [0.25, 0.3) is 0 Å². The average molecular weight is 432 g/mol. The molecule has 31 heavy (non-hydrogen) atoms. The number of amides is 1. The van der Waals surface area contributed by atoms with Gasteiger partial charge in [0.15, 0.2) is 0 Å². The molecule has 0 aliphatic rings. The fourth-order valence-corrected chi connectivity index (χ4v) is 4.15. The summed E-state index contributed by atoms with van der Waals surface area (Å²) in [5, 5.41) is 11.1. The normalized spacial score (nSPS) is 11.9. The fraction of sp³-hybridized carbons (Fsp3) is 0.240. The molecule has 2 aromatic carbocycles. The Labute approximate surface area is 186 Å². The van der Waals surface area contributed by atoms with E-state index in [0.29, 0.717) is 24.6 Å². The van der Waals surface area contributed by atoms with Crippen molar-refractivity contribution in [1.29, 1.82) is 0 Å². The van der Waals surface area contributed by atoms with Crippen molar-refractivity contribution in [2.45, 2.75) is 38.1 Å². The van der Waals surface area contributed by atoms with E-state index in [-0.39, 0.29) is 11.9 Å².